The van der Waals surface area contributed by atoms with Crippen LogP contribution in [0.2, 0.25) is 0 Å². The van der Waals surface area contributed by atoms with Gasteiger partial charge < -0.3 is 0 Å². The van der Waals surface area contributed by atoms with Crippen molar-refractivity contribution in [1.29, 1.82) is 0 Å². The second kappa shape index (κ2) is 3.91. The molecule has 1 aromatic rings. The SMILES string of the molecule is [2H]C1([2H])c2ccccc2CC1(CC)CC(C)(C)C. The standard InChI is InChI=1S/C16H24/c1-5-16(12-15(2,3)4)10-13-8-6-7-9-14(13)11-16/h6-9H,5,10-12H2,1-4H3/i10D2. The maximum atomic E-state index is 8.62. The van der Waals surface area contributed by atoms with E-state index in [-0.39, 0.29) is 10.8 Å². The monoisotopic (exact) mass is 218 g/mol. The second-order valence-electron chi connectivity index (χ2n) is 6.33. The summed E-state index contributed by atoms with van der Waals surface area (Å²) in [5.74, 6) is 0. The number of rotatable bonds is 2. The Bertz CT molecular complexity index is 443. The van der Waals surface area contributed by atoms with E-state index in [4.69, 9.17) is 2.74 Å². The molecule has 0 radical (unpaired) electrons. The fourth-order valence-corrected chi connectivity index (χ4v) is 2.95. The normalized spacial score (nSPS) is 29.5. The van der Waals surface area contributed by atoms with Crippen molar-refractivity contribution in [3.63, 3.8) is 0 Å². The van der Waals surface area contributed by atoms with Gasteiger partial charge in [0.25, 0.3) is 0 Å². The third-order valence-corrected chi connectivity index (χ3v) is 3.49. The molecule has 0 nitrogen and oxygen atoms in total. The molecule has 0 heterocycles. The summed E-state index contributed by atoms with van der Waals surface area (Å²) in [6, 6.07) is 8.04. The molecule has 1 aromatic carbocycles. The summed E-state index contributed by atoms with van der Waals surface area (Å²) >= 11 is 0. The van der Waals surface area contributed by atoms with Crippen LogP contribution in [0.5, 0.6) is 0 Å². The Morgan fingerprint density at radius 2 is 1.88 bits per heavy atom. The van der Waals surface area contributed by atoms with E-state index in [9.17, 15) is 0 Å². The molecule has 16 heavy (non-hydrogen) atoms. The van der Waals surface area contributed by atoms with Crippen LogP contribution >= 0.6 is 0 Å². The number of fused-ring (bicyclic) bond motifs is 1. The van der Waals surface area contributed by atoms with Crippen LogP contribution in [-0.4, -0.2) is 0 Å². The van der Waals surface area contributed by atoms with Crippen LogP contribution in [-0.2, 0) is 12.8 Å². The van der Waals surface area contributed by atoms with Crippen molar-refractivity contribution < 1.29 is 2.74 Å². The molecular formula is C16H24. The Balaban J connectivity index is 2.47. The predicted molar refractivity (Wildman–Crippen MR) is 70.6 cm³/mol. The van der Waals surface area contributed by atoms with Gasteiger partial charge in [0.2, 0.25) is 0 Å². The second-order valence-corrected chi connectivity index (χ2v) is 6.33. The van der Waals surface area contributed by atoms with Crippen LogP contribution < -0.4 is 0 Å². The van der Waals surface area contributed by atoms with Crippen LogP contribution in [0, 0.1) is 10.8 Å². The molecule has 0 bridgehead atoms. The predicted octanol–water partition coefficient (Wildman–Crippen LogP) is 4.62. The summed E-state index contributed by atoms with van der Waals surface area (Å²) in [7, 11) is 0. The largest absolute Gasteiger partial charge is 0.0648 e. The molecule has 0 aliphatic heterocycles. The van der Waals surface area contributed by atoms with Gasteiger partial charge in [-0.2, -0.15) is 0 Å². The lowest BCUT2D eigenvalue weighted by Gasteiger charge is -2.34. The zero-order valence-corrected chi connectivity index (χ0v) is 10.9. The fourth-order valence-electron chi connectivity index (χ4n) is 2.95. The molecule has 0 fully saturated rings. The summed E-state index contributed by atoms with van der Waals surface area (Å²) in [6.45, 7) is 8.77. The van der Waals surface area contributed by atoms with E-state index in [0.717, 1.165) is 24.8 Å². The fraction of sp³-hybridized carbons (Fsp3) is 0.625. The van der Waals surface area contributed by atoms with Gasteiger partial charge in [0, 0.05) is 2.74 Å². The molecule has 2 rings (SSSR count). The van der Waals surface area contributed by atoms with Crippen molar-refractivity contribution in [1.82, 2.24) is 0 Å². The van der Waals surface area contributed by atoms with Crippen LogP contribution in [0.15, 0.2) is 24.3 Å². The highest BCUT2D eigenvalue weighted by molar-refractivity contribution is 5.34. The van der Waals surface area contributed by atoms with Crippen molar-refractivity contribution >= 4 is 0 Å². The lowest BCUT2D eigenvalue weighted by molar-refractivity contribution is 0.173. The summed E-state index contributed by atoms with van der Waals surface area (Å²) in [4.78, 5) is 0. The Kier molecular flexibility index (Phi) is 2.26. The van der Waals surface area contributed by atoms with Crippen molar-refractivity contribution in [3.8, 4) is 0 Å². The Morgan fingerprint density at radius 3 is 2.38 bits per heavy atom. The number of benzene rings is 1. The van der Waals surface area contributed by atoms with Crippen LogP contribution in [0.3, 0.4) is 0 Å². The highest BCUT2D eigenvalue weighted by Gasteiger charge is 2.38. The van der Waals surface area contributed by atoms with E-state index in [1.165, 1.54) is 5.56 Å². The first-order chi connectivity index (χ1) is 8.22. The van der Waals surface area contributed by atoms with Gasteiger partial charge >= 0.3 is 0 Å². The van der Waals surface area contributed by atoms with E-state index < -0.39 is 6.37 Å². The molecule has 88 valence electrons. The van der Waals surface area contributed by atoms with Crippen molar-refractivity contribution in [2.75, 3.05) is 0 Å². The smallest absolute Gasteiger partial charge is 0.0322 e. The maximum absolute atomic E-state index is 8.62. The Morgan fingerprint density at radius 1 is 1.25 bits per heavy atom. The summed E-state index contributed by atoms with van der Waals surface area (Å²) in [5.41, 5.74) is 2.03. The minimum atomic E-state index is -1.20. The van der Waals surface area contributed by atoms with Gasteiger partial charge in [-0.3, -0.25) is 0 Å². The van der Waals surface area contributed by atoms with E-state index in [2.05, 4.69) is 33.8 Å². The van der Waals surface area contributed by atoms with E-state index in [1.54, 1.807) is 0 Å². The van der Waals surface area contributed by atoms with Gasteiger partial charge in [-0.1, -0.05) is 52.0 Å². The van der Waals surface area contributed by atoms with Gasteiger partial charge in [0.1, 0.15) is 0 Å². The van der Waals surface area contributed by atoms with Crippen LogP contribution in [0.4, 0.5) is 0 Å². The average molecular weight is 218 g/mol. The van der Waals surface area contributed by atoms with E-state index in [0.29, 0.717) is 0 Å². The molecular weight excluding hydrogens is 192 g/mol. The molecule has 1 aliphatic rings. The molecule has 0 saturated carbocycles. The van der Waals surface area contributed by atoms with Crippen molar-refractivity contribution in [2.45, 2.75) is 53.3 Å². The first-order valence-electron chi connectivity index (χ1n) is 7.30. The Labute approximate surface area is 103 Å². The van der Waals surface area contributed by atoms with Crippen molar-refractivity contribution in [3.05, 3.63) is 35.4 Å². The van der Waals surface area contributed by atoms with Crippen LogP contribution in [0.25, 0.3) is 0 Å². The lowest BCUT2D eigenvalue weighted by atomic mass is 9.70. The van der Waals surface area contributed by atoms with Crippen LogP contribution in [0.1, 0.15) is 54.4 Å². The summed E-state index contributed by atoms with van der Waals surface area (Å²) in [5, 5.41) is 0. The third kappa shape index (κ3) is 2.31. The molecule has 0 amide bonds. The lowest BCUT2D eigenvalue weighted by Crippen LogP contribution is -2.27. The first-order valence-corrected chi connectivity index (χ1v) is 6.30. The number of hydrogen-bond acceptors (Lipinski definition) is 0. The third-order valence-electron chi connectivity index (χ3n) is 3.49. The van der Waals surface area contributed by atoms with Crippen molar-refractivity contribution in [2.24, 2.45) is 10.8 Å². The van der Waals surface area contributed by atoms with E-state index >= 15 is 0 Å². The Hall–Kier alpha value is -0.780. The molecule has 0 N–H and O–H groups in total. The van der Waals surface area contributed by atoms with E-state index in [1.807, 2.05) is 18.2 Å². The van der Waals surface area contributed by atoms with Gasteiger partial charge in [-0.25, -0.2) is 0 Å². The first kappa shape index (κ1) is 9.27. The highest BCUT2D eigenvalue weighted by atomic mass is 14.4. The minimum absolute atomic E-state index is 0.158. The highest BCUT2D eigenvalue weighted by Crippen LogP contribution is 2.46. The zero-order valence-electron chi connectivity index (χ0n) is 12.9. The minimum Gasteiger partial charge on any atom is -0.0648 e. The summed E-state index contributed by atoms with van der Waals surface area (Å²) in [6.07, 6.45) is 1.50. The summed E-state index contributed by atoms with van der Waals surface area (Å²) < 4.78 is 17.2. The molecule has 0 aromatic heterocycles. The number of hydrogen-bond donors (Lipinski definition) is 0. The van der Waals surface area contributed by atoms with Gasteiger partial charge in [-0.15, -0.1) is 0 Å². The zero-order chi connectivity index (χ0) is 13.6. The molecule has 0 heteroatoms. The average Bonchev–Trinajstić information content (AvgIpc) is 2.46. The molecule has 0 saturated heterocycles. The molecule has 1 atom stereocenters. The van der Waals surface area contributed by atoms with Gasteiger partial charge in [-0.05, 0) is 47.6 Å². The molecule has 0 spiro atoms. The maximum Gasteiger partial charge on any atom is 0.0322 e. The molecule has 1 unspecified atom stereocenters. The van der Waals surface area contributed by atoms with Gasteiger partial charge in [0.05, 0.1) is 0 Å². The van der Waals surface area contributed by atoms with Gasteiger partial charge in [0.15, 0.2) is 0 Å². The quantitative estimate of drug-likeness (QED) is 0.679. The molecule has 1 aliphatic carbocycles. The topological polar surface area (TPSA) is 0 Å².